The van der Waals surface area contributed by atoms with E-state index in [9.17, 15) is 0 Å². The van der Waals surface area contributed by atoms with Crippen LogP contribution in [0, 0.1) is 0 Å². The first kappa shape index (κ1) is 15.1. The van der Waals surface area contributed by atoms with E-state index in [2.05, 4.69) is 49.6 Å². The number of rotatable bonds is 6. The molecule has 1 heterocycles. The maximum atomic E-state index is 8.78. The summed E-state index contributed by atoms with van der Waals surface area (Å²) >= 11 is 0. The highest BCUT2D eigenvalue weighted by Crippen LogP contribution is 2.33. The molecule has 20 heavy (non-hydrogen) atoms. The largest absolute Gasteiger partial charge is 0.484 e. The van der Waals surface area contributed by atoms with E-state index in [0.29, 0.717) is 6.04 Å². The first-order valence-electron chi connectivity index (χ1n) is 7.40. The van der Waals surface area contributed by atoms with Crippen LogP contribution in [0.15, 0.2) is 18.2 Å². The number of aliphatic hydroxyl groups is 1. The molecule has 0 radical (unpaired) electrons. The van der Waals surface area contributed by atoms with Crippen molar-refractivity contribution in [3.05, 3.63) is 23.8 Å². The Balaban J connectivity index is 1.94. The molecule has 0 aromatic heterocycles. The Bertz CT molecular complexity index is 446. The number of hydrogen-bond acceptors (Lipinski definition) is 4. The predicted molar refractivity (Wildman–Crippen MR) is 82.5 cm³/mol. The zero-order chi connectivity index (χ0) is 14.6. The number of ether oxygens (including phenoxy) is 1. The second-order valence-corrected chi connectivity index (χ2v) is 6.18. The lowest BCUT2D eigenvalue weighted by Gasteiger charge is -2.33. The summed E-state index contributed by atoms with van der Waals surface area (Å²) in [5.74, 6) is 0.936. The van der Waals surface area contributed by atoms with Crippen LogP contribution in [0.5, 0.6) is 5.75 Å². The highest BCUT2D eigenvalue weighted by atomic mass is 16.5. The van der Waals surface area contributed by atoms with Crippen LogP contribution in [0.4, 0.5) is 5.69 Å². The summed E-state index contributed by atoms with van der Waals surface area (Å²) < 4.78 is 5.95. The van der Waals surface area contributed by atoms with Crippen molar-refractivity contribution in [3.8, 4) is 5.75 Å². The number of hydrogen-bond donors (Lipinski definition) is 3. The third kappa shape index (κ3) is 4.12. The summed E-state index contributed by atoms with van der Waals surface area (Å²) in [5.41, 5.74) is 2.24. The zero-order valence-corrected chi connectivity index (χ0v) is 12.7. The first-order chi connectivity index (χ1) is 9.50. The second-order valence-electron chi connectivity index (χ2n) is 6.18. The van der Waals surface area contributed by atoms with Gasteiger partial charge in [-0.2, -0.15) is 0 Å². The van der Waals surface area contributed by atoms with Crippen LogP contribution >= 0.6 is 0 Å². The number of aliphatic hydroxyl groups excluding tert-OH is 1. The minimum atomic E-state index is -0.145. The minimum Gasteiger partial charge on any atom is -0.484 e. The van der Waals surface area contributed by atoms with Gasteiger partial charge in [0.05, 0.1) is 12.2 Å². The molecule has 1 unspecified atom stereocenters. The summed E-state index contributed by atoms with van der Waals surface area (Å²) in [7, 11) is 0. The quantitative estimate of drug-likeness (QED) is 0.698. The lowest BCUT2D eigenvalue weighted by molar-refractivity contribution is 0.116. The van der Waals surface area contributed by atoms with Crippen molar-refractivity contribution in [1.82, 2.24) is 5.32 Å². The van der Waals surface area contributed by atoms with Gasteiger partial charge in [-0.15, -0.1) is 0 Å². The van der Waals surface area contributed by atoms with E-state index in [-0.39, 0.29) is 12.2 Å². The third-order valence-corrected chi connectivity index (χ3v) is 3.50. The number of benzene rings is 1. The van der Waals surface area contributed by atoms with Gasteiger partial charge in [-0.25, -0.2) is 0 Å². The van der Waals surface area contributed by atoms with Crippen LogP contribution in [0.2, 0.25) is 0 Å². The van der Waals surface area contributed by atoms with Crippen LogP contribution in [0.1, 0.15) is 32.8 Å². The van der Waals surface area contributed by atoms with Gasteiger partial charge in [-0.05, 0) is 57.9 Å². The topological polar surface area (TPSA) is 53.5 Å². The van der Waals surface area contributed by atoms with Crippen molar-refractivity contribution in [1.29, 1.82) is 0 Å². The number of fused-ring (bicyclic) bond motifs is 1. The van der Waals surface area contributed by atoms with Crippen LogP contribution < -0.4 is 15.4 Å². The molecule has 1 aromatic carbocycles. The average molecular weight is 278 g/mol. The Morgan fingerprint density at radius 3 is 3.00 bits per heavy atom. The summed E-state index contributed by atoms with van der Waals surface area (Å²) in [5, 5.41) is 15.6. The molecule has 4 heteroatoms. The van der Waals surface area contributed by atoms with Crippen molar-refractivity contribution in [2.24, 2.45) is 0 Å². The standard InChI is InChI=1S/C16H26N2O2/c1-12(17-7-4-8-19)9-13-5-6-15-14(10-13)18-11-16(2,3)20-15/h5-6,10,12,17-19H,4,7-9,11H2,1-3H3. The molecular weight excluding hydrogens is 252 g/mol. The first-order valence-corrected chi connectivity index (χ1v) is 7.40. The van der Waals surface area contributed by atoms with Crippen LogP contribution in [-0.4, -0.2) is 36.4 Å². The Labute approximate surface area is 121 Å². The molecule has 0 saturated heterocycles. The van der Waals surface area contributed by atoms with Crippen LogP contribution in [0.3, 0.4) is 0 Å². The fourth-order valence-corrected chi connectivity index (χ4v) is 2.43. The SMILES string of the molecule is CC(Cc1ccc2c(c1)NCC(C)(C)O2)NCCCO. The molecule has 3 N–H and O–H groups in total. The zero-order valence-electron chi connectivity index (χ0n) is 12.7. The Hall–Kier alpha value is -1.26. The second kappa shape index (κ2) is 6.46. The molecule has 0 bridgehead atoms. The number of anilines is 1. The van der Waals surface area contributed by atoms with Gasteiger partial charge < -0.3 is 20.5 Å². The summed E-state index contributed by atoms with van der Waals surface area (Å²) in [4.78, 5) is 0. The molecule has 4 nitrogen and oxygen atoms in total. The number of nitrogens with one attached hydrogen (secondary N) is 2. The van der Waals surface area contributed by atoms with Crippen LogP contribution in [0.25, 0.3) is 0 Å². The van der Waals surface area contributed by atoms with Crippen molar-refractivity contribution in [2.75, 3.05) is 25.0 Å². The molecular formula is C16H26N2O2. The maximum Gasteiger partial charge on any atom is 0.143 e. The monoisotopic (exact) mass is 278 g/mol. The van der Waals surface area contributed by atoms with Gasteiger partial charge in [-0.3, -0.25) is 0 Å². The third-order valence-electron chi connectivity index (χ3n) is 3.50. The van der Waals surface area contributed by atoms with Crippen LogP contribution in [-0.2, 0) is 6.42 Å². The van der Waals surface area contributed by atoms with Crippen molar-refractivity contribution < 1.29 is 9.84 Å². The van der Waals surface area contributed by atoms with E-state index in [4.69, 9.17) is 9.84 Å². The Morgan fingerprint density at radius 2 is 2.25 bits per heavy atom. The molecule has 0 aliphatic carbocycles. The Morgan fingerprint density at radius 1 is 1.45 bits per heavy atom. The maximum absolute atomic E-state index is 8.78. The molecule has 0 spiro atoms. The molecule has 112 valence electrons. The van der Waals surface area contributed by atoms with Crippen molar-refractivity contribution in [2.45, 2.75) is 45.3 Å². The minimum absolute atomic E-state index is 0.145. The summed E-state index contributed by atoms with van der Waals surface area (Å²) in [6, 6.07) is 6.76. The van der Waals surface area contributed by atoms with E-state index >= 15 is 0 Å². The van der Waals surface area contributed by atoms with E-state index in [1.807, 2.05) is 0 Å². The summed E-state index contributed by atoms with van der Waals surface area (Å²) in [6.07, 6.45) is 1.78. The molecule has 1 aliphatic rings. The molecule has 0 amide bonds. The lowest BCUT2D eigenvalue weighted by Crippen LogP contribution is -2.40. The van der Waals surface area contributed by atoms with E-state index in [0.717, 1.165) is 37.4 Å². The highest BCUT2D eigenvalue weighted by molar-refractivity contribution is 5.60. The van der Waals surface area contributed by atoms with E-state index in [1.165, 1.54) is 5.56 Å². The molecule has 1 atom stereocenters. The van der Waals surface area contributed by atoms with Gasteiger partial charge >= 0.3 is 0 Å². The van der Waals surface area contributed by atoms with Gasteiger partial charge in [0.15, 0.2) is 0 Å². The normalized spacial score (nSPS) is 17.8. The molecule has 0 fully saturated rings. The van der Waals surface area contributed by atoms with Gasteiger partial charge in [0.1, 0.15) is 11.4 Å². The van der Waals surface area contributed by atoms with E-state index < -0.39 is 0 Å². The predicted octanol–water partition coefficient (Wildman–Crippen LogP) is 2.17. The van der Waals surface area contributed by atoms with Gasteiger partial charge in [0, 0.05) is 12.6 Å². The highest BCUT2D eigenvalue weighted by Gasteiger charge is 2.26. The average Bonchev–Trinajstić information content (AvgIpc) is 2.38. The molecule has 1 aliphatic heterocycles. The van der Waals surface area contributed by atoms with Gasteiger partial charge in [0.25, 0.3) is 0 Å². The Kier molecular flexibility index (Phi) is 4.89. The van der Waals surface area contributed by atoms with Gasteiger partial charge in [-0.1, -0.05) is 6.07 Å². The smallest absolute Gasteiger partial charge is 0.143 e. The molecule has 2 rings (SSSR count). The fourth-order valence-electron chi connectivity index (χ4n) is 2.43. The molecule has 1 aromatic rings. The van der Waals surface area contributed by atoms with Gasteiger partial charge in [0.2, 0.25) is 0 Å². The van der Waals surface area contributed by atoms with Crippen molar-refractivity contribution in [3.63, 3.8) is 0 Å². The van der Waals surface area contributed by atoms with E-state index in [1.54, 1.807) is 0 Å². The summed E-state index contributed by atoms with van der Waals surface area (Å²) in [6.45, 7) is 8.28. The fraction of sp³-hybridized carbons (Fsp3) is 0.625. The molecule has 0 saturated carbocycles. The van der Waals surface area contributed by atoms with Crippen molar-refractivity contribution >= 4 is 5.69 Å². The lowest BCUT2D eigenvalue weighted by atomic mass is 10.0.